The third kappa shape index (κ3) is 4.22. The number of nitrogens with zero attached hydrogens (tertiary/aromatic N) is 1. The quantitative estimate of drug-likeness (QED) is 0.404. The van der Waals surface area contributed by atoms with Crippen molar-refractivity contribution in [2.75, 3.05) is 20.3 Å². The summed E-state index contributed by atoms with van der Waals surface area (Å²) < 4.78 is 11.1. The maximum Gasteiger partial charge on any atom is 0.191 e. The van der Waals surface area contributed by atoms with Gasteiger partial charge in [-0.15, -0.1) is 24.0 Å². The minimum absolute atomic E-state index is 0. The summed E-state index contributed by atoms with van der Waals surface area (Å²) in [7, 11) is 1.68. The number of methoxy groups -OCH3 is 1. The number of hydrogen-bond acceptors (Lipinski definition) is 3. The average Bonchev–Trinajstić information content (AvgIpc) is 3.05. The van der Waals surface area contributed by atoms with Crippen molar-refractivity contribution >= 4 is 29.9 Å². The molecular formula is C19H30IN3O2. The zero-order valence-corrected chi connectivity index (χ0v) is 17.9. The van der Waals surface area contributed by atoms with E-state index in [9.17, 15) is 0 Å². The second kappa shape index (κ2) is 8.58. The Balaban J connectivity index is 0.00000225. The van der Waals surface area contributed by atoms with Crippen LogP contribution >= 0.6 is 24.0 Å². The molecular weight excluding hydrogens is 429 g/mol. The summed E-state index contributed by atoms with van der Waals surface area (Å²) >= 11 is 0. The lowest BCUT2D eigenvalue weighted by atomic mass is 9.57. The van der Waals surface area contributed by atoms with Crippen molar-refractivity contribution < 1.29 is 9.47 Å². The number of guanidine groups is 1. The maximum atomic E-state index is 5.88. The molecule has 0 radical (unpaired) electrons. The van der Waals surface area contributed by atoms with E-state index in [1.165, 1.54) is 5.56 Å². The molecule has 1 saturated heterocycles. The molecule has 25 heavy (non-hydrogen) atoms. The van der Waals surface area contributed by atoms with E-state index < -0.39 is 0 Å². The number of nitrogens with one attached hydrogen (secondary N) is 2. The summed E-state index contributed by atoms with van der Waals surface area (Å²) in [5.41, 5.74) is 1.32. The van der Waals surface area contributed by atoms with Crippen LogP contribution in [0.2, 0.25) is 0 Å². The molecule has 1 heterocycles. The highest BCUT2D eigenvalue weighted by Gasteiger charge is 2.59. The van der Waals surface area contributed by atoms with Crippen molar-refractivity contribution in [3.05, 3.63) is 29.8 Å². The first kappa shape index (κ1) is 20.3. The van der Waals surface area contributed by atoms with E-state index in [0.29, 0.717) is 24.6 Å². The molecule has 6 heteroatoms. The largest absolute Gasteiger partial charge is 0.497 e. The predicted octanol–water partition coefficient (Wildman–Crippen LogP) is 3.18. The van der Waals surface area contributed by atoms with E-state index >= 15 is 0 Å². The van der Waals surface area contributed by atoms with Crippen LogP contribution in [-0.2, 0) is 11.3 Å². The Morgan fingerprint density at radius 2 is 2.04 bits per heavy atom. The first-order valence-electron chi connectivity index (χ1n) is 8.85. The van der Waals surface area contributed by atoms with Crippen molar-refractivity contribution in [1.29, 1.82) is 0 Å². The topological polar surface area (TPSA) is 54.9 Å². The molecule has 1 aromatic carbocycles. The van der Waals surface area contributed by atoms with Crippen molar-refractivity contribution in [2.45, 2.75) is 45.9 Å². The van der Waals surface area contributed by atoms with Gasteiger partial charge in [0.15, 0.2) is 5.96 Å². The first-order valence-corrected chi connectivity index (χ1v) is 8.85. The molecule has 0 spiro atoms. The van der Waals surface area contributed by atoms with Gasteiger partial charge in [0, 0.05) is 30.5 Å². The predicted molar refractivity (Wildman–Crippen MR) is 112 cm³/mol. The normalized spacial score (nSPS) is 26.9. The summed E-state index contributed by atoms with van der Waals surface area (Å²) in [5.74, 6) is 2.36. The van der Waals surface area contributed by atoms with Crippen molar-refractivity contribution in [2.24, 2.45) is 16.3 Å². The number of aliphatic imine (C=N–C) groups is 1. The third-order valence-corrected chi connectivity index (χ3v) is 5.32. The Bertz CT molecular complexity index is 589. The molecule has 1 aliphatic heterocycles. The molecule has 140 valence electrons. The summed E-state index contributed by atoms with van der Waals surface area (Å²) in [4.78, 5) is 4.75. The maximum absolute atomic E-state index is 5.88. The van der Waals surface area contributed by atoms with Crippen LogP contribution in [0.1, 0.15) is 32.8 Å². The molecule has 0 aromatic heterocycles. The minimum atomic E-state index is 0. The highest BCUT2D eigenvalue weighted by atomic mass is 127. The van der Waals surface area contributed by atoms with E-state index in [1.807, 2.05) is 12.1 Å². The Hall–Kier alpha value is -1.02. The Labute approximate surface area is 168 Å². The van der Waals surface area contributed by atoms with Gasteiger partial charge in [0.1, 0.15) is 5.75 Å². The molecule has 3 unspecified atom stereocenters. The fourth-order valence-corrected chi connectivity index (χ4v) is 3.99. The lowest BCUT2D eigenvalue weighted by Crippen LogP contribution is -2.67. The molecule has 1 saturated carbocycles. The van der Waals surface area contributed by atoms with Gasteiger partial charge in [-0.05, 0) is 31.0 Å². The lowest BCUT2D eigenvalue weighted by molar-refractivity contribution is -0.106. The Kier molecular flexibility index (Phi) is 6.96. The Morgan fingerprint density at radius 3 is 2.68 bits per heavy atom. The SMILES string of the molecule is CCNC(=NCc1ccc(OC)cc1)NC1C2CCOC2C1(C)C.I. The van der Waals surface area contributed by atoms with Crippen molar-refractivity contribution in [1.82, 2.24) is 10.6 Å². The fraction of sp³-hybridized carbons (Fsp3) is 0.632. The minimum Gasteiger partial charge on any atom is -0.497 e. The highest BCUT2D eigenvalue weighted by molar-refractivity contribution is 14.0. The van der Waals surface area contributed by atoms with Gasteiger partial charge in [0.05, 0.1) is 19.8 Å². The van der Waals surface area contributed by atoms with Gasteiger partial charge in [-0.2, -0.15) is 0 Å². The number of halogens is 1. The second-order valence-corrected chi connectivity index (χ2v) is 7.23. The highest BCUT2D eigenvalue weighted by Crippen LogP contribution is 2.52. The van der Waals surface area contributed by atoms with Crippen LogP contribution in [0.3, 0.4) is 0 Å². The number of ether oxygens (including phenoxy) is 2. The van der Waals surface area contributed by atoms with Gasteiger partial charge >= 0.3 is 0 Å². The van der Waals surface area contributed by atoms with Crippen LogP contribution in [-0.4, -0.2) is 38.4 Å². The molecule has 1 aliphatic carbocycles. The smallest absolute Gasteiger partial charge is 0.191 e. The molecule has 0 amide bonds. The molecule has 2 aliphatic rings. The monoisotopic (exact) mass is 459 g/mol. The van der Waals surface area contributed by atoms with Crippen LogP contribution in [0, 0.1) is 11.3 Å². The van der Waals surface area contributed by atoms with E-state index in [-0.39, 0.29) is 29.4 Å². The van der Waals surface area contributed by atoms with Crippen LogP contribution in [0.4, 0.5) is 0 Å². The Morgan fingerprint density at radius 1 is 1.32 bits per heavy atom. The van der Waals surface area contributed by atoms with Gasteiger partial charge in [-0.25, -0.2) is 4.99 Å². The van der Waals surface area contributed by atoms with E-state index in [0.717, 1.165) is 31.3 Å². The number of rotatable bonds is 5. The number of benzene rings is 1. The van der Waals surface area contributed by atoms with Crippen molar-refractivity contribution in [3.63, 3.8) is 0 Å². The molecule has 5 nitrogen and oxygen atoms in total. The van der Waals surface area contributed by atoms with Gasteiger partial charge in [-0.1, -0.05) is 26.0 Å². The van der Waals surface area contributed by atoms with Gasteiger partial charge in [0.25, 0.3) is 0 Å². The molecule has 2 N–H and O–H groups in total. The van der Waals surface area contributed by atoms with Gasteiger partial charge < -0.3 is 20.1 Å². The van der Waals surface area contributed by atoms with Gasteiger partial charge in [-0.3, -0.25) is 0 Å². The first-order chi connectivity index (χ1) is 11.6. The molecule has 3 rings (SSSR count). The van der Waals surface area contributed by atoms with Gasteiger partial charge in [0.2, 0.25) is 0 Å². The second-order valence-electron chi connectivity index (χ2n) is 7.23. The summed E-state index contributed by atoms with van der Waals surface area (Å²) in [6, 6.07) is 8.47. The molecule has 2 fully saturated rings. The number of fused-ring (bicyclic) bond motifs is 1. The summed E-state index contributed by atoms with van der Waals surface area (Å²) in [6.07, 6.45) is 1.53. The third-order valence-electron chi connectivity index (χ3n) is 5.32. The van der Waals surface area contributed by atoms with Crippen LogP contribution < -0.4 is 15.4 Å². The number of hydrogen-bond donors (Lipinski definition) is 2. The standard InChI is InChI=1S/C19H29N3O2.HI/c1-5-20-18(21-12-13-6-8-14(23-4)9-7-13)22-16-15-10-11-24-17(15)19(16,2)3;/h6-9,15-17H,5,10-12H2,1-4H3,(H2,20,21,22);1H. The molecule has 3 atom stereocenters. The van der Waals surface area contributed by atoms with Crippen LogP contribution in [0.5, 0.6) is 5.75 Å². The fourth-order valence-electron chi connectivity index (χ4n) is 3.99. The van der Waals surface area contributed by atoms with Crippen LogP contribution in [0.15, 0.2) is 29.3 Å². The zero-order chi connectivity index (χ0) is 17.2. The van der Waals surface area contributed by atoms with E-state index in [1.54, 1.807) is 7.11 Å². The van der Waals surface area contributed by atoms with E-state index in [2.05, 4.69) is 43.5 Å². The zero-order valence-electron chi connectivity index (χ0n) is 15.5. The van der Waals surface area contributed by atoms with Crippen LogP contribution in [0.25, 0.3) is 0 Å². The molecule has 1 aromatic rings. The van der Waals surface area contributed by atoms with Crippen molar-refractivity contribution in [3.8, 4) is 5.75 Å². The molecule has 0 bridgehead atoms. The summed E-state index contributed by atoms with van der Waals surface area (Å²) in [5, 5.41) is 7.01. The lowest BCUT2D eigenvalue weighted by Gasteiger charge is -2.54. The summed E-state index contributed by atoms with van der Waals surface area (Å²) in [6.45, 7) is 9.05. The van der Waals surface area contributed by atoms with E-state index in [4.69, 9.17) is 14.5 Å². The average molecular weight is 459 g/mol.